The molecule has 2 aromatic rings. The third-order valence-corrected chi connectivity index (χ3v) is 4.16. The smallest absolute Gasteiger partial charge is 0.240 e. The van der Waals surface area contributed by atoms with Gasteiger partial charge in [0.05, 0.1) is 10.6 Å². The topological polar surface area (TPSA) is 72.2 Å². The third-order valence-electron chi connectivity index (χ3n) is 2.74. The highest BCUT2D eigenvalue weighted by atomic mass is 32.2. The van der Waals surface area contributed by atoms with Crippen LogP contribution in [0, 0.1) is 19.7 Å². The van der Waals surface area contributed by atoms with Gasteiger partial charge >= 0.3 is 0 Å². The molecule has 0 amide bonds. The highest BCUT2D eigenvalue weighted by molar-refractivity contribution is 7.89. The van der Waals surface area contributed by atoms with E-state index in [-0.39, 0.29) is 11.4 Å². The van der Waals surface area contributed by atoms with E-state index in [1.807, 2.05) is 0 Å². The molecule has 0 aliphatic rings. The Morgan fingerprint density at radius 2 is 1.89 bits per heavy atom. The van der Waals surface area contributed by atoms with E-state index in [1.165, 1.54) is 12.1 Å². The summed E-state index contributed by atoms with van der Waals surface area (Å²) in [6.45, 7) is 3.53. The number of halogens is 1. The summed E-state index contributed by atoms with van der Waals surface area (Å²) in [6, 6.07) is 4.63. The summed E-state index contributed by atoms with van der Waals surface area (Å²) in [5, 5.41) is 3.74. The molecule has 1 heterocycles. The quantitative estimate of drug-likeness (QED) is 0.931. The lowest BCUT2D eigenvalue weighted by Crippen LogP contribution is -2.23. The molecule has 1 aromatic carbocycles. The standard InChI is InChI=1S/C12H13FN2O3S/c1-8-12(9(2)18-15-8)7-14-19(16,17)11-5-3-10(13)4-6-11/h3-6,14H,7H2,1-2H3. The zero-order chi connectivity index (χ0) is 14.0. The Morgan fingerprint density at radius 3 is 2.42 bits per heavy atom. The van der Waals surface area contributed by atoms with E-state index in [4.69, 9.17) is 4.52 Å². The highest BCUT2D eigenvalue weighted by Gasteiger charge is 2.16. The molecule has 19 heavy (non-hydrogen) atoms. The molecule has 0 aliphatic carbocycles. The minimum atomic E-state index is -3.67. The fraction of sp³-hybridized carbons (Fsp3) is 0.250. The minimum absolute atomic E-state index is 0.0145. The van der Waals surface area contributed by atoms with Gasteiger partial charge in [0.15, 0.2) is 0 Å². The lowest BCUT2D eigenvalue weighted by atomic mass is 10.2. The second kappa shape index (κ2) is 5.10. The predicted molar refractivity (Wildman–Crippen MR) is 66.4 cm³/mol. The molecule has 0 unspecified atom stereocenters. The average Bonchev–Trinajstić information content (AvgIpc) is 2.67. The number of nitrogens with zero attached hydrogens (tertiary/aromatic N) is 1. The van der Waals surface area contributed by atoms with Gasteiger partial charge in [0.1, 0.15) is 11.6 Å². The van der Waals surface area contributed by atoms with E-state index in [1.54, 1.807) is 13.8 Å². The number of benzene rings is 1. The van der Waals surface area contributed by atoms with Crippen LogP contribution in [0.5, 0.6) is 0 Å². The van der Waals surface area contributed by atoms with E-state index in [0.29, 0.717) is 17.0 Å². The van der Waals surface area contributed by atoms with Crippen LogP contribution in [0.4, 0.5) is 4.39 Å². The summed E-state index contributed by atoms with van der Waals surface area (Å²) in [6.07, 6.45) is 0. The molecule has 0 fully saturated rings. The van der Waals surface area contributed by atoms with Gasteiger partial charge in [-0.1, -0.05) is 5.16 Å². The first-order chi connectivity index (χ1) is 8.90. The van der Waals surface area contributed by atoms with Crippen LogP contribution in [0.25, 0.3) is 0 Å². The Balaban J connectivity index is 2.16. The number of rotatable bonds is 4. The molecule has 1 aromatic heterocycles. The van der Waals surface area contributed by atoms with Gasteiger partial charge in [-0.3, -0.25) is 0 Å². The van der Waals surface area contributed by atoms with Crippen LogP contribution in [0.3, 0.4) is 0 Å². The summed E-state index contributed by atoms with van der Waals surface area (Å²) in [7, 11) is -3.67. The molecular formula is C12H13FN2O3S. The van der Waals surface area contributed by atoms with Gasteiger partial charge in [-0.15, -0.1) is 0 Å². The first-order valence-corrected chi connectivity index (χ1v) is 7.05. The van der Waals surface area contributed by atoms with E-state index < -0.39 is 15.8 Å². The van der Waals surface area contributed by atoms with Gasteiger partial charge in [0, 0.05) is 12.1 Å². The highest BCUT2D eigenvalue weighted by Crippen LogP contribution is 2.14. The zero-order valence-corrected chi connectivity index (χ0v) is 11.3. The van der Waals surface area contributed by atoms with Crippen LogP contribution in [0.1, 0.15) is 17.0 Å². The van der Waals surface area contributed by atoms with Crippen molar-refractivity contribution in [2.75, 3.05) is 0 Å². The average molecular weight is 284 g/mol. The van der Waals surface area contributed by atoms with Gasteiger partial charge in [0.25, 0.3) is 0 Å². The summed E-state index contributed by atoms with van der Waals surface area (Å²) in [5.74, 6) is 0.0870. The number of hydrogen-bond acceptors (Lipinski definition) is 4. The van der Waals surface area contributed by atoms with Crippen LogP contribution in [-0.2, 0) is 16.6 Å². The second-order valence-electron chi connectivity index (χ2n) is 4.08. The van der Waals surface area contributed by atoms with Gasteiger partial charge in [0.2, 0.25) is 10.0 Å². The normalized spacial score (nSPS) is 11.7. The second-order valence-corrected chi connectivity index (χ2v) is 5.85. The number of hydrogen-bond donors (Lipinski definition) is 1. The largest absolute Gasteiger partial charge is 0.361 e. The van der Waals surface area contributed by atoms with E-state index in [9.17, 15) is 12.8 Å². The van der Waals surface area contributed by atoms with Crippen molar-refractivity contribution in [3.63, 3.8) is 0 Å². The Morgan fingerprint density at radius 1 is 1.26 bits per heavy atom. The third kappa shape index (κ3) is 2.99. The molecule has 5 nitrogen and oxygen atoms in total. The monoisotopic (exact) mass is 284 g/mol. The number of aromatic nitrogens is 1. The maximum Gasteiger partial charge on any atom is 0.240 e. The molecule has 1 N–H and O–H groups in total. The maximum absolute atomic E-state index is 12.8. The van der Waals surface area contributed by atoms with Crippen molar-refractivity contribution in [3.05, 3.63) is 47.1 Å². The lowest BCUT2D eigenvalue weighted by Gasteiger charge is -2.06. The molecule has 0 saturated heterocycles. The van der Waals surface area contributed by atoms with Crippen LogP contribution < -0.4 is 4.72 Å². The molecule has 0 radical (unpaired) electrons. The Hall–Kier alpha value is -1.73. The van der Waals surface area contributed by atoms with Crippen molar-refractivity contribution < 1.29 is 17.3 Å². The first kappa shape index (κ1) is 13.7. The summed E-state index contributed by atoms with van der Waals surface area (Å²) < 4.78 is 44.1. The van der Waals surface area contributed by atoms with E-state index in [0.717, 1.165) is 12.1 Å². The van der Waals surface area contributed by atoms with Gasteiger partial charge in [-0.2, -0.15) is 0 Å². The van der Waals surface area contributed by atoms with E-state index >= 15 is 0 Å². The molecule has 0 atom stereocenters. The molecule has 2 rings (SSSR count). The number of nitrogens with one attached hydrogen (secondary N) is 1. The van der Waals surface area contributed by atoms with Crippen LogP contribution in [-0.4, -0.2) is 13.6 Å². The SMILES string of the molecule is Cc1noc(C)c1CNS(=O)(=O)c1ccc(F)cc1. The Bertz CT molecular complexity index is 658. The summed E-state index contributed by atoms with van der Waals surface area (Å²) >= 11 is 0. The van der Waals surface area contributed by atoms with Crippen LogP contribution in [0.2, 0.25) is 0 Å². The summed E-state index contributed by atoms with van der Waals surface area (Å²) in [5.41, 5.74) is 1.34. The fourth-order valence-electron chi connectivity index (χ4n) is 1.62. The van der Waals surface area contributed by atoms with Crippen molar-refractivity contribution in [1.82, 2.24) is 9.88 Å². The van der Waals surface area contributed by atoms with Crippen molar-refractivity contribution in [2.24, 2.45) is 0 Å². The van der Waals surface area contributed by atoms with Crippen molar-refractivity contribution >= 4 is 10.0 Å². The molecule has 0 bridgehead atoms. The zero-order valence-electron chi connectivity index (χ0n) is 10.5. The Kier molecular flexibility index (Phi) is 3.68. The molecule has 0 spiro atoms. The van der Waals surface area contributed by atoms with E-state index in [2.05, 4.69) is 9.88 Å². The van der Waals surface area contributed by atoms with Crippen molar-refractivity contribution in [2.45, 2.75) is 25.3 Å². The van der Waals surface area contributed by atoms with Crippen LogP contribution >= 0.6 is 0 Å². The molecular weight excluding hydrogens is 271 g/mol. The lowest BCUT2D eigenvalue weighted by molar-refractivity contribution is 0.392. The van der Waals surface area contributed by atoms with Gasteiger partial charge < -0.3 is 4.52 Å². The van der Waals surface area contributed by atoms with Crippen molar-refractivity contribution in [3.8, 4) is 0 Å². The number of sulfonamides is 1. The van der Waals surface area contributed by atoms with Crippen LogP contribution in [0.15, 0.2) is 33.7 Å². The molecule has 0 aliphatic heterocycles. The molecule has 7 heteroatoms. The molecule has 0 saturated carbocycles. The van der Waals surface area contributed by atoms with Gasteiger partial charge in [-0.25, -0.2) is 17.5 Å². The predicted octanol–water partition coefficient (Wildman–Crippen LogP) is 1.91. The Labute approximate surface area is 110 Å². The van der Waals surface area contributed by atoms with Gasteiger partial charge in [-0.05, 0) is 38.1 Å². The first-order valence-electron chi connectivity index (χ1n) is 5.57. The number of aryl methyl sites for hydroxylation is 2. The summed E-state index contributed by atoms with van der Waals surface area (Å²) in [4.78, 5) is 0.0145. The molecule has 102 valence electrons. The fourth-order valence-corrected chi connectivity index (χ4v) is 2.61. The van der Waals surface area contributed by atoms with Crippen molar-refractivity contribution in [1.29, 1.82) is 0 Å². The maximum atomic E-state index is 12.8. The minimum Gasteiger partial charge on any atom is -0.361 e.